The number of halogens is 3. The van der Waals surface area contributed by atoms with Gasteiger partial charge in [-0.1, -0.05) is 11.6 Å². The molecule has 1 unspecified atom stereocenters. The van der Waals surface area contributed by atoms with Crippen molar-refractivity contribution in [3.05, 3.63) is 32.5 Å². The highest BCUT2D eigenvalue weighted by atomic mass is 35.5. The Labute approximate surface area is 103 Å². The first-order valence-electron chi connectivity index (χ1n) is 4.51. The van der Waals surface area contributed by atoms with E-state index in [-0.39, 0.29) is 5.02 Å². The summed E-state index contributed by atoms with van der Waals surface area (Å²) >= 11 is 5.54. The van der Waals surface area contributed by atoms with E-state index in [2.05, 4.69) is 0 Å². The fraction of sp³-hybridized carbons (Fsp3) is 0.250. The quantitative estimate of drug-likeness (QED) is 0.633. The summed E-state index contributed by atoms with van der Waals surface area (Å²) in [6.07, 6.45) is -3.47. The van der Waals surface area contributed by atoms with E-state index in [1.165, 1.54) is 0 Å². The van der Waals surface area contributed by atoms with Crippen LogP contribution in [0.1, 0.15) is 0 Å². The second kappa shape index (κ2) is 3.90. The molecule has 10 heteroatoms. The number of fused-ring (bicyclic) bond motifs is 1. The van der Waals surface area contributed by atoms with Crippen LogP contribution in [0.5, 0.6) is 0 Å². The first-order chi connectivity index (χ1) is 8.27. The molecule has 0 bridgehead atoms. The lowest BCUT2D eigenvalue weighted by Crippen LogP contribution is -2.54. The van der Waals surface area contributed by atoms with E-state index in [9.17, 15) is 29.2 Å². The fourth-order valence-corrected chi connectivity index (χ4v) is 1.78. The largest absolute Gasteiger partial charge is 0.755 e. The number of benzene rings is 1. The Balaban J connectivity index is 2.61. The average molecular weight is 281 g/mol. The van der Waals surface area contributed by atoms with Gasteiger partial charge in [-0.15, -0.1) is 0 Å². The highest BCUT2D eigenvalue weighted by molar-refractivity contribution is 6.31. The molecule has 0 aliphatic carbocycles. The van der Waals surface area contributed by atoms with E-state index >= 15 is 0 Å². The number of nitro benzene ring substituents is 1. The van der Waals surface area contributed by atoms with Gasteiger partial charge >= 0.3 is 6.43 Å². The van der Waals surface area contributed by atoms with Crippen LogP contribution in [0.2, 0.25) is 5.02 Å². The van der Waals surface area contributed by atoms with Crippen molar-refractivity contribution < 1.29 is 18.8 Å². The number of rotatable bonds is 2. The number of hydrogen-bond acceptors (Lipinski definition) is 6. The van der Waals surface area contributed by atoms with E-state index in [0.717, 1.165) is 12.1 Å². The Kier molecular flexibility index (Phi) is 2.76. The Morgan fingerprint density at radius 2 is 2.17 bits per heavy atom. The van der Waals surface area contributed by atoms with Gasteiger partial charge in [0.15, 0.2) is 0 Å². The molecule has 2 rings (SSSR count). The molecule has 0 aromatic heterocycles. The smallest absolute Gasteiger partial charge is 0.304 e. The second-order valence-electron chi connectivity index (χ2n) is 3.52. The molecule has 98 valence electrons. The van der Waals surface area contributed by atoms with Crippen molar-refractivity contribution in [2.75, 3.05) is 10.4 Å². The highest BCUT2D eigenvalue weighted by Gasteiger charge is 2.48. The molecule has 1 aromatic carbocycles. The molecule has 0 saturated heterocycles. The maximum atomic E-state index is 12.6. The average Bonchev–Trinajstić information content (AvgIpc) is 2.53. The van der Waals surface area contributed by atoms with Crippen LogP contribution < -0.4 is 10.4 Å². The van der Waals surface area contributed by atoms with Crippen molar-refractivity contribution in [3.63, 3.8) is 0 Å². The van der Waals surface area contributed by atoms with Gasteiger partial charge in [-0.2, -0.15) is 0 Å². The van der Waals surface area contributed by atoms with Gasteiger partial charge in [0, 0.05) is 11.1 Å². The molecule has 2 N–H and O–H groups in total. The first kappa shape index (κ1) is 12.7. The summed E-state index contributed by atoms with van der Waals surface area (Å²) in [5.41, 5.74) is -1.69. The van der Waals surface area contributed by atoms with Gasteiger partial charge < -0.3 is 20.7 Å². The van der Waals surface area contributed by atoms with Crippen molar-refractivity contribution in [2.45, 2.75) is 12.3 Å². The lowest BCUT2D eigenvalue weighted by molar-refractivity contribution is -0.383. The zero-order valence-corrected chi connectivity index (χ0v) is 9.19. The number of nitrogens with zero attached hydrogens (tertiary/aromatic N) is 2. The lowest BCUT2D eigenvalue weighted by Gasteiger charge is -2.38. The molecular formula is C8H5ClF2N3O4-. The van der Waals surface area contributed by atoms with E-state index < -0.39 is 39.3 Å². The lowest BCUT2D eigenvalue weighted by atomic mass is 10.2. The monoisotopic (exact) mass is 280 g/mol. The minimum Gasteiger partial charge on any atom is -0.755 e. The zero-order valence-electron chi connectivity index (χ0n) is 8.43. The summed E-state index contributed by atoms with van der Waals surface area (Å²) in [4.78, 5) is 9.82. The summed E-state index contributed by atoms with van der Waals surface area (Å²) in [5.74, 6) is -3.24. The third-order valence-corrected chi connectivity index (χ3v) is 2.62. The number of anilines is 2. The van der Waals surface area contributed by atoms with Crippen molar-refractivity contribution in [2.24, 2.45) is 0 Å². The summed E-state index contributed by atoms with van der Waals surface area (Å²) in [5, 5.41) is 32.8. The number of hydrogen-bond donors (Lipinski definition) is 2. The van der Waals surface area contributed by atoms with Gasteiger partial charge in [-0.3, -0.25) is 10.1 Å². The topological polar surface area (TPSA) is 102 Å². The van der Waals surface area contributed by atoms with Gasteiger partial charge in [0.2, 0.25) is 0 Å². The van der Waals surface area contributed by atoms with Gasteiger partial charge in [-0.25, -0.2) is 8.78 Å². The zero-order chi connectivity index (χ0) is 13.7. The van der Waals surface area contributed by atoms with Crippen LogP contribution >= 0.6 is 11.6 Å². The Bertz CT molecular complexity index is 529. The number of nitrogens with one attached hydrogen (secondary N) is 1. The summed E-state index contributed by atoms with van der Waals surface area (Å²) < 4.78 is 25.2. The van der Waals surface area contributed by atoms with Crippen molar-refractivity contribution in [1.29, 1.82) is 0 Å². The molecule has 1 aliphatic heterocycles. The van der Waals surface area contributed by atoms with Gasteiger partial charge in [0.05, 0.1) is 10.6 Å². The van der Waals surface area contributed by atoms with Crippen LogP contribution in [0.15, 0.2) is 12.1 Å². The van der Waals surface area contributed by atoms with E-state index in [1.807, 2.05) is 0 Å². The molecule has 0 saturated carbocycles. The number of hydroxylamine groups is 1. The van der Waals surface area contributed by atoms with Crippen LogP contribution in [-0.4, -0.2) is 22.3 Å². The maximum absolute atomic E-state index is 12.6. The highest BCUT2D eigenvalue weighted by Crippen LogP contribution is 2.47. The van der Waals surface area contributed by atoms with Crippen molar-refractivity contribution in [1.82, 2.24) is 0 Å². The van der Waals surface area contributed by atoms with Crippen LogP contribution in [0.3, 0.4) is 0 Å². The predicted molar refractivity (Wildman–Crippen MR) is 58.5 cm³/mol. The molecule has 7 nitrogen and oxygen atoms in total. The maximum Gasteiger partial charge on any atom is 0.304 e. The molecular weight excluding hydrogens is 276 g/mol. The molecule has 0 fully saturated rings. The Morgan fingerprint density at radius 3 is 2.67 bits per heavy atom. The van der Waals surface area contributed by atoms with Gasteiger partial charge in [0.1, 0.15) is 5.69 Å². The van der Waals surface area contributed by atoms with Crippen LogP contribution in [0.4, 0.5) is 25.8 Å². The number of alkyl halides is 2. The minimum atomic E-state index is -3.47. The van der Waals surface area contributed by atoms with Crippen molar-refractivity contribution >= 4 is 28.7 Å². The van der Waals surface area contributed by atoms with Crippen LogP contribution in [-0.2, 0) is 0 Å². The molecule has 0 radical (unpaired) electrons. The molecule has 1 heterocycles. The Hall–Kier alpha value is -1.71. The Morgan fingerprint density at radius 1 is 1.56 bits per heavy atom. The van der Waals surface area contributed by atoms with Gasteiger partial charge in [0.25, 0.3) is 11.5 Å². The molecule has 0 spiro atoms. The first-order valence-corrected chi connectivity index (χ1v) is 4.89. The number of nitro groups is 1. The van der Waals surface area contributed by atoms with E-state index in [1.54, 1.807) is 5.32 Å². The number of aliphatic hydroxyl groups is 1. The minimum absolute atomic E-state index is 0.179. The standard InChI is InChI=1S/C8H5ClF2N3O4/c9-3-1-4-6(5(2-3)14(17)18)12-8(15,7(10)11)13(4)16/h1-2,7,12,15H/q-1. The SMILES string of the molecule is O=[N+]([O-])c1cc(Cl)cc2c1NC(O)(C(F)F)N2[O-]. The van der Waals surface area contributed by atoms with E-state index in [4.69, 9.17) is 11.6 Å². The molecule has 18 heavy (non-hydrogen) atoms. The van der Waals surface area contributed by atoms with E-state index in [0.29, 0.717) is 0 Å². The summed E-state index contributed by atoms with van der Waals surface area (Å²) in [6.45, 7) is 0. The fourth-order valence-electron chi connectivity index (χ4n) is 1.57. The third-order valence-electron chi connectivity index (χ3n) is 2.40. The molecule has 1 aromatic rings. The van der Waals surface area contributed by atoms with Crippen LogP contribution in [0, 0.1) is 15.3 Å². The second-order valence-corrected chi connectivity index (χ2v) is 3.96. The normalized spacial score (nSPS) is 22.0. The van der Waals surface area contributed by atoms with Crippen molar-refractivity contribution in [3.8, 4) is 0 Å². The molecule has 0 amide bonds. The molecule has 1 aliphatic rings. The third kappa shape index (κ3) is 1.64. The summed E-state index contributed by atoms with van der Waals surface area (Å²) in [6, 6.07) is 1.84. The van der Waals surface area contributed by atoms with Gasteiger partial charge in [-0.05, 0) is 6.07 Å². The predicted octanol–water partition coefficient (Wildman–Crippen LogP) is 1.89. The molecule has 1 atom stereocenters. The summed E-state index contributed by atoms with van der Waals surface area (Å²) in [7, 11) is 0. The van der Waals surface area contributed by atoms with Crippen LogP contribution in [0.25, 0.3) is 0 Å².